The standard InChI is InChI=1S/C24H26N2O2S/c1-18-6-8-19(9-7-18)22-10-15-29-23(22)24(27)25-16-20-4-2-3-5-21(20)17-26-11-13-28-14-12-26/h2-10,15H,11-14,16-17H2,1H3,(H,25,27)/p+1. The van der Waals surface area contributed by atoms with Crippen LogP contribution in [0.15, 0.2) is 60.0 Å². The summed E-state index contributed by atoms with van der Waals surface area (Å²) in [6, 6.07) is 18.8. The molecule has 1 aliphatic heterocycles. The van der Waals surface area contributed by atoms with Crippen molar-refractivity contribution < 1.29 is 14.4 Å². The van der Waals surface area contributed by atoms with Crippen molar-refractivity contribution in [2.45, 2.75) is 20.0 Å². The van der Waals surface area contributed by atoms with Gasteiger partial charge < -0.3 is 15.0 Å². The highest BCUT2D eigenvalue weighted by atomic mass is 32.1. The third-order valence-electron chi connectivity index (χ3n) is 5.43. The van der Waals surface area contributed by atoms with Crippen LogP contribution >= 0.6 is 11.3 Å². The van der Waals surface area contributed by atoms with Crippen molar-refractivity contribution in [1.82, 2.24) is 5.32 Å². The van der Waals surface area contributed by atoms with Crippen LogP contribution in [0.2, 0.25) is 0 Å². The lowest BCUT2D eigenvalue weighted by atomic mass is 10.0. The van der Waals surface area contributed by atoms with Crippen LogP contribution in [0.1, 0.15) is 26.4 Å². The molecule has 0 aliphatic carbocycles. The minimum absolute atomic E-state index is 0.0101. The second kappa shape index (κ2) is 9.35. The first kappa shape index (κ1) is 19.8. The van der Waals surface area contributed by atoms with Crippen LogP contribution in [0.4, 0.5) is 0 Å². The minimum atomic E-state index is -0.0101. The van der Waals surface area contributed by atoms with E-state index in [1.165, 1.54) is 32.9 Å². The number of hydrogen-bond acceptors (Lipinski definition) is 3. The van der Waals surface area contributed by atoms with Crippen molar-refractivity contribution in [3.8, 4) is 11.1 Å². The largest absolute Gasteiger partial charge is 0.370 e. The molecule has 0 spiro atoms. The quantitative estimate of drug-likeness (QED) is 0.660. The highest BCUT2D eigenvalue weighted by Crippen LogP contribution is 2.28. The lowest BCUT2D eigenvalue weighted by molar-refractivity contribution is -0.921. The van der Waals surface area contributed by atoms with E-state index in [2.05, 4.69) is 54.7 Å². The van der Waals surface area contributed by atoms with Gasteiger partial charge in [0, 0.05) is 17.7 Å². The van der Waals surface area contributed by atoms with E-state index in [1.54, 1.807) is 0 Å². The molecule has 2 heterocycles. The zero-order chi connectivity index (χ0) is 20.1. The van der Waals surface area contributed by atoms with Crippen LogP contribution in [0, 0.1) is 6.92 Å². The zero-order valence-electron chi connectivity index (χ0n) is 16.7. The molecule has 4 rings (SSSR count). The van der Waals surface area contributed by atoms with E-state index in [9.17, 15) is 4.79 Å². The first-order valence-corrected chi connectivity index (χ1v) is 11.0. The summed E-state index contributed by atoms with van der Waals surface area (Å²) in [5.74, 6) is -0.0101. The number of aryl methyl sites for hydroxylation is 1. The third kappa shape index (κ3) is 4.93. The lowest BCUT2D eigenvalue weighted by Crippen LogP contribution is -3.12. The normalized spacial score (nSPS) is 14.7. The first-order chi connectivity index (χ1) is 14.2. The number of amides is 1. The summed E-state index contributed by atoms with van der Waals surface area (Å²) < 4.78 is 5.47. The van der Waals surface area contributed by atoms with E-state index in [-0.39, 0.29) is 5.91 Å². The highest BCUT2D eigenvalue weighted by molar-refractivity contribution is 7.12. The van der Waals surface area contributed by atoms with Gasteiger partial charge in [-0.1, -0.05) is 54.1 Å². The summed E-state index contributed by atoms with van der Waals surface area (Å²) in [5, 5.41) is 5.12. The van der Waals surface area contributed by atoms with Crippen LogP contribution in [0.3, 0.4) is 0 Å². The summed E-state index contributed by atoms with van der Waals surface area (Å²) >= 11 is 1.49. The van der Waals surface area contributed by atoms with Gasteiger partial charge in [0.15, 0.2) is 0 Å². The maximum Gasteiger partial charge on any atom is 0.262 e. The first-order valence-electron chi connectivity index (χ1n) is 10.1. The summed E-state index contributed by atoms with van der Waals surface area (Å²) in [6.45, 7) is 7.32. The smallest absolute Gasteiger partial charge is 0.262 e. The van der Waals surface area contributed by atoms with Gasteiger partial charge in [-0.3, -0.25) is 4.79 Å². The van der Waals surface area contributed by atoms with Gasteiger partial charge in [-0.05, 0) is 29.5 Å². The molecule has 0 unspecified atom stereocenters. The van der Waals surface area contributed by atoms with Crippen molar-refractivity contribution in [3.63, 3.8) is 0 Å². The van der Waals surface area contributed by atoms with Crippen LogP contribution in [0.5, 0.6) is 0 Å². The fourth-order valence-electron chi connectivity index (χ4n) is 3.71. The Morgan fingerprint density at radius 2 is 1.76 bits per heavy atom. The number of quaternary nitrogens is 1. The molecule has 1 amide bonds. The van der Waals surface area contributed by atoms with Gasteiger partial charge in [-0.2, -0.15) is 0 Å². The molecule has 2 N–H and O–H groups in total. The Labute approximate surface area is 176 Å². The molecule has 0 atom stereocenters. The Hall–Kier alpha value is -2.47. The molecule has 5 heteroatoms. The zero-order valence-corrected chi connectivity index (χ0v) is 17.6. The van der Waals surface area contributed by atoms with Crippen molar-refractivity contribution >= 4 is 17.2 Å². The van der Waals surface area contributed by atoms with Crippen LogP contribution in [-0.2, 0) is 17.8 Å². The maximum absolute atomic E-state index is 12.9. The number of rotatable bonds is 6. The molecule has 1 aromatic heterocycles. The van der Waals surface area contributed by atoms with Crippen molar-refractivity contribution in [2.75, 3.05) is 26.3 Å². The molecule has 150 valence electrons. The molecule has 0 bridgehead atoms. The summed E-state index contributed by atoms with van der Waals surface area (Å²) in [7, 11) is 0. The van der Waals surface area contributed by atoms with E-state index >= 15 is 0 Å². The fourth-order valence-corrected chi connectivity index (χ4v) is 4.54. The van der Waals surface area contributed by atoms with Crippen molar-refractivity contribution in [2.24, 2.45) is 0 Å². The Morgan fingerprint density at radius 1 is 1.03 bits per heavy atom. The van der Waals surface area contributed by atoms with Gasteiger partial charge in [0.2, 0.25) is 0 Å². The van der Waals surface area contributed by atoms with Gasteiger partial charge in [0.05, 0.1) is 18.1 Å². The lowest BCUT2D eigenvalue weighted by Gasteiger charge is -2.24. The van der Waals surface area contributed by atoms with E-state index in [4.69, 9.17) is 4.74 Å². The van der Waals surface area contributed by atoms with Crippen molar-refractivity contribution in [3.05, 3.63) is 81.5 Å². The second-order valence-electron chi connectivity index (χ2n) is 7.52. The Kier molecular flexibility index (Phi) is 6.39. The Bertz CT molecular complexity index is 959. The number of hydrogen-bond donors (Lipinski definition) is 2. The molecule has 0 radical (unpaired) electrons. The molecule has 29 heavy (non-hydrogen) atoms. The third-order valence-corrected chi connectivity index (χ3v) is 6.35. The van der Waals surface area contributed by atoms with Gasteiger partial charge in [-0.15, -0.1) is 11.3 Å². The fraction of sp³-hybridized carbons (Fsp3) is 0.292. The topological polar surface area (TPSA) is 42.8 Å². The van der Waals surface area contributed by atoms with Crippen molar-refractivity contribution in [1.29, 1.82) is 0 Å². The molecular formula is C24H27N2O2S+. The molecule has 3 aromatic rings. The predicted molar refractivity (Wildman–Crippen MR) is 117 cm³/mol. The number of carbonyl (C=O) groups is 1. The van der Waals surface area contributed by atoms with Gasteiger partial charge >= 0.3 is 0 Å². The molecule has 2 aromatic carbocycles. The molecule has 1 fully saturated rings. The Balaban J connectivity index is 1.44. The summed E-state index contributed by atoms with van der Waals surface area (Å²) in [6.07, 6.45) is 0. The predicted octanol–water partition coefficient (Wildman–Crippen LogP) is 3.07. The highest BCUT2D eigenvalue weighted by Gasteiger charge is 2.18. The minimum Gasteiger partial charge on any atom is -0.370 e. The number of carbonyl (C=O) groups excluding carboxylic acids is 1. The van der Waals surface area contributed by atoms with Crippen LogP contribution in [-0.4, -0.2) is 32.2 Å². The molecule has 0 saturated carbocycles. The van der Waals surface area contributed by atoms with Crippen LogP contribution in [0.25, 0.3) is 11.1 Å². The summed E-state index contributed by atoms with van der Waals surface area (Å²) in [5.41, 5.74) is 5.79. The Morgan fingerprint density at radius 3 is 2.52 bits per heavy atom. The van der Waals surface area contributed by atoms with E-state index in [1.807, 2.05) is 17.5 Å². The molecular weight excluding hydrogens is 380 g/mol. The number of benzene rings is 2. The van der Waals surface area contributed by atoms with E-state index in [0.29, 0.717) is 6.54 Å². The molecule has 1 aliphatic rings. The van der Waals surface area contributed by atoms with E-state index < -0.39 is 0 Å². The number of nitrogens with one attached hydrogen (secondary N) is 2. The van der Waals surface area contributed by atoms with Crippen LogP contribution < -0.4 is 10.2 Å². The molecule has 1 saturated heterocycles. The van der Waals surface area contributed by atoms with E-state index in [0.717, 1.165) is 48.9 Å². The average Bonchev–Trinajstić information content (AvgIpc) is 3.24. The monoisotopic (exact) mass is 407 g/mol. The SMILES string of the molecule is Cc1ccc(-c2ccsc2C(=O)NCc2ccccc2C[NH+]2CCOCC2)cc1. The summed E-state index contributed by atoms with van der Waals surface area (Å²) in [4.78, 5) is 15.2. The van der Waals surface area contributed by atoms with Gasteiger partial charge in [0.25, 0.3) is 5.91 Å². The number of ether oxygens (including phenoxy) is 1. The second-order valence-corrected chi connectivity index (χ2v) is 8.44. The van der Waals surface area contributed by atoms with Gasteiger partial charge in [-0.25, -0.2) is 0 Å². The number of thiophene rings is 1. The maximum atomic E-state index is 12.9. The molecule has 4 nitrogen and oxygen atoms in total. The van der Waals surface area contributed by atoms with Gasteiger partial charge in [0.1, 0.15) is 19.6 Å². The number of morpholine rings is 1. The average molecular weight is 408 g/mol.